The molecule has 22 heavy (non-hydrogen) atoms. The highest BCUT2D eigenvalue weighted by atomic mass is 127. The Kier molecular flexibility index (Phi) is 9.42. The third-order valence-corrected chi connectivity index (χ3v) is 4.01. The van der Waals surface area contributed by atoms with Crippen molar-refractivity contribution in [3.63, 3.8) is 0 Å². The minimum Gasteiger partial charge on any atom is -0.356 e. The van der Waals surface area contributed by atoms with Gasteiger partial charge in [0.15, 0.2) is 11.8 Å². The van der Waals surface area contributed by atoms with Crippen molar-refractivity contribution in [3.05, 3.63) is 11.7 Å². The molecule has 0 spiro atoms. The van der Waals surface area contributed by atoms with Crippen molar-refractivity contribution < 1.29 is 4.52 Å². The number of nitrogens with one attached hydrogen (secondary N) is 2. The van der Waals surface area contributed by atoms with E-state index in [1.54, 1.807) is 7.05 Å². The average Bonchev–Trinajstić information content (AvgIpc) is 3.13. The number of hydrogen-bond acceptors (Lipinski definition) is 4. The number of aliphatic imine (C=N–C) groups is 1. The van der Waals surface area contributed by atoms with Gasteiger partial charge >= 0.3 is 0 Å². The van der Waals surface area contributed by atoms with Crippen LogP contribution in [0.3, 0.4) is 0 Å². The zero-order valence-electron chi connectivity index (χ0n) is 13.6. The molecule has 2 N–H and O–H groups in total. The first-order valence-corrected chi connectivity index (χ1v) is 8.01. The number of rotatable bonds is 7. The van der Waals surface area contributed by atoms with Crippen LogP contribution in [0.15, 0.2) is 9.52 Å². The van der Waals surface area contributed by atoms with Crippen LogP contribution in [0.5, 0.6) is 0 Å². The molecule has 0 bridgehead atoms. The van der Waals surface area contributed by atoms with Gasteiger partial charge < -0.3 is 15.2 Å². The minimum absolute atomic E-state index is 0. The molecule has 7 heteroatoms. The normalized spacial score (nSPS) is 15.6. The van der Waals surface area contributed by atoms with Crippen LogP contribution in [0.25, 0.3) is 0 Å². The standard InChI is InChI=1S/C15H27N5O.HI/c1-12-19-14(21-20-12)11-18-15(16-2)17-10-6-5-9-13-7-3-4-8-13;/h13H,3-11H2,1-2H3,(H2,16,17,18);1H. The summed E-state index contributed by atoms with van der Waals surface area (Å²) in [5.74, 6) is 3.01. The number of guanidine groups is 1. The molecule has 2 rings (SSSR count). The topological polar surface area (TPSA) is 75.3 Å². The predicted molar refractivity (Wildman–Crippen MR) is 98.5 cm³/mol. The first kappa shape index (κ1) is 19.2. The number of aromatic nitrogens is 2. The summed E-state index contributed by atoms with van der Waals surface area (Å²) in [6.07, 6.45) is 9.65. The molecule has 1 aliphatic carbocycles. The predicted octanol–water partition coefficient (Wildman–Crippen LogP) is 3.02. The van der Waals surface area contributed by atoms with Gasteiger partial charge in [-0.05, 0) is 19.3 Å². The van der Waals surface area contributed by atoms with Crippen molar-refractivity contribution in [1.29, 1.82) is 0 Å². The lowest BCUT2D eigenvalue weighted by Crippen LogP contribution is -2.37. The molecule has 0 amide bonds. The maximum absolute atomic E-state index is 5.05. The van der Waals surface area contributed by atoms with Gasteiger partial charge in [-0.3, -0.25) is 4.99 Å². The molecule has 0 unspecified atom stereocenters. The van der Waals surface area contributed by atoms with E-state index in [9.17, 15) is 0 Å². The lowest BCUT2D eigenvalue weighted by molar-refractivity contribution is 0.371. The van der Waals surface area contributed by atoms with Gasteiger partial charge in [0.25, 0.3) is 0 Å². The lowest BCUT2D eigenvalue weighted by atomic mass is 10.0. The van der Waals surface area contributed by atoms with Gasteiger partial charge in [0, 0.05) is 13.6 Å². The maximum atomic E-state index is 5.05. The lowest BCUT2D eigenvalue weighted by Gasteiger charge is -2.11. The SMILES string of the molecule is CN=C(NCCCCC1CCCC1)NCc1nc(C)no1.I. The van der Waals surface area contributed by atoms with Gasteiger partial charge in [0.1, 0.15) is 0 Å². The molecule has 0 aliphatic heterocycles. The molecule has 1 aromatic rings. The second-order valence-electron chi connectivity index (χ2n) is 5.73. The molecule has 0 saturated heterocycles. The first-order chi connectivity index (χ1) is 10.3. The van der Waals surface area contributed by atoms with Crippen molar-refractivity contribution in [2.75, 3.05) is 13.6 Å². The van der Waals surface area contributed by atoms with Crippen LogP contribution < -0.4 is 10.6 Å². The van der Waals surface area contributed by atoms with E-state index in [4.69, 9.17) is 4.52 Å². The van der Waals surface area contributed by atoms with E-state index >= 15 is 0 Å². The van der Waals surface area contributed by atoms with E-state index in [0.717, 1.165) is 18.4 Å². The molecule has 0 aromatic carbocycles. The molecule has 0 radical (unpaired) electrons. The first-order valence-electron chi connectivity index (χ1n) is 8.01. The summed E-state index contributed by atoms with van der Waals surface area (Å²) in [7, 11) is 1.77. The fourth-order valence-corrected chi connectivity index (χ4v) is 2.86. The fraction of sp³-hybridized carbons (Fsp3) is 0.800. The number of aryl methyl sites for hydroxylation is 1. The fourth-order valence-electron chi connectivity index (χ4n) is 2.86. The van der Waals surface area contributed by atoms with Crippen LogP contribution in [-0.4, -0.2) is 29.7 Å². The second-order valence-corrected chi connectivity index (χ2v) is 5.73. The average molecular weight is 421 g/mol. The Morgan fingerprint density at radius 2 is 2.05 bits per heavy atom. The van der Waals surface area contributed by atoms with Crippen LogP contribution in [0.2, 0.25) is 0 Å². The van der Waals surface area contributed by atoms with E-state index in [-0.39, 0.29) is 24.0 Å². The molecular formula is C15H28IN5O. The minimum atomic E-state index is 0. The number of nitrogens with zero attached hydrogens (tertiary/aromatic N) is 3. The molecule has 1 heterocycles. The highest BCUT2D eigenvalue weighted by Crippen LogP contribution is 2.28. The van der Waals surface area contributed by atoms with E-state index in [0.29, 0.717) is 18.3 Å². The zero-order valence-corrected chi connectivity index (χ0v) is 15.9. The van der Waals surface area contributed by atoms with E-state index in [2.05, 4.69) is 25.8 Å². The number of unbranched alkanes of at least 4 members (excludes halogenated alkanes) is 1. The van der Waals surface area contributed by atoms with Crippen molar-refractivity contribution in [2.45, 2.75) is 58.4 Å². The van der Waals surface area contributed by atoms with Crippen LogP contribution in [-0.2, 0) is 6.54 Å². The molecule has 126 valence electrons. The summed E-state index contributed by atoms with van der Waals surface area (Å²) >= 11 is 0. The molecule has 0 atom stereocenters. The summed E-state index contributed by atoms with van der Waals surface area (Å²) in [6, 6.07) is 0. The van der Waals surface area contributed by atoms with Gasteiger partial charge in [-0.1, -0.05) is 43.7 Å². The van der Waals surface area contributed by atoms with Gasteiger partial charge in [-0.2, -0.15) is 4.98 Å². The highest BCUT2D eigenvalue weighted by molar-refractivity contribution is 14.0. The highest BCUT2D eigenvalue weighted by Gasteiger charge is 2.13. The number of hydrogen-bond donors (Lipinski definition) is 2. The maximum Gasteiger partial charge on any atom is 0.246 e. The summed E-state index contributed by atoms with van der Waals surface area (Å²) in [4.78, 5) is 8.34. The Bertz CT molecular complexity index is 443. The van der Waals surface area contributed by atoms with E-state index < -0.39 is 0 Å². The third-order valence-electron chi connectivity index (χ3n) is 4.01. The second kappa shape index (κ2) is 10.8. The molecule has 1 aromatic heterocycles. The largest absolute Gasteiger partial charge is 0.356 e. The Morgan fingerprint density at radius 1 is 1.27 bits per heavy atom. The number of halogens is 1. The molecule has 1 saturated carbocycles. The summed E-state index contributed by atoms with van der Waals surface area (Å²) < 4.78 is 5.05. The molecule has 6 nitrogen and oxygen atoms in total. The summed E-state index contributed by atoms with van der Waals surface area (Å²) in [5.41, 5.74) is 0. The van der Waals surface area contributed by atoms with Crippen molar-refractivity contribution in [1.82, 2.24) is 20.8 Å². The third kappa shape index (κ3) is 6.93. The summed E-state index contributed by atoms with van der Waals surface area (Å²) in [5, 5.41) is 10.3. The van der Waals surface area contributed by atoms with Gasteiger partial charge in [0.05, 0.1) is 6.54 Å². The van der Waals surface area contributed by atoms with Crippen molar-refractivity contribution in [3.8, 4) is 0 Å². The van der Waals surface area contributed by atoms with Crippen LogP contribution >= 0.6 is 24.0 Å². The Hall–Kier alpha value is -0.860. The van der Waals surface area contributed by atoms with Crippen LogP contribution in [0.1, 0.15) is 56.7 Å². The van der Waals surface area contributed by atoms with Crippen LogP contribution in [0.4, 0.5) is 0 Å². The Morgan fingerprint density at radius 3 is 2.68 bits per heavy atom. The van der Waals surface area contributed by atoms with Crippen molar-refractivity contribution >= 4 is 29.9 Å². The monoisotopic (exact) mass is 421 g/mol. The van der Waals surface area contributed by atoms with Gasteiger partial charge in [-0.15, -0.1) is 24.0 Å². The van der Waals surface area contributed by atoms with E-state index in [1.807, 2.05) is 6.92 Å². The van der Waals surface area contributed by atoms with Crippen molar-refractivity contribution in [2.24, 2.45) is 10.9 Å². The smallest absolute Gasteiger partial charge is 0.246 e. The summed E-state index contributed by atoms with van der Waals surface area (Å²) in [6.45, 7) is 3.27. The Balaban J connectivity index is 0.00000242. The molecular weight excluding hydrogens is 393 g/mol. The van der Waals surface area contributed by atoms with Crippen LogP contribution in [0, 0.1) is 12.8 Å². The molecule has 1 aliphatic rings. The zero-order chi connectivity index (χ0) is 14.9. The van der Waals surface area contributed by atoms with E-state index in [1.165, 1.54) is 44.9 Å². The Labute approximate surface area is 149 Å². The van der Waals surface area contributed by atoms with Gasteiger partial charge in [-0.25, -0.2) is 0 Å². The van der Waals surface area contributed by atoms with Gasteiger partial charge in [0.2, 0.25) is 5.89 Å². The molecule has 1 fully saturated rings. The quantitative estimate of drug-likeness (QED) is 0.307.